The second-order valence-corrected chi connectivity index (χ2v) is 12.7. The van der Waals surface area contributed by atoms with Gasteiger partial charge in [-0.2, -0.15) is 0 Å². The third-order valence-corrected chi connectivity index (χ3v) is 9.08. The minimum absolute atomic E-state index is 0.0210. The summed E-state index contributed by atoms with van der Waals surface area (Å²) in [5, 5.41) is 108. The monoisotopic (exact) mass is 671 g/mol. The molecule has 0 aromatic heterocycles. The number of carbonyl (C=O) groups is 1. The van der Waals surface area contributed by atoms with Gasteiger partial charge in [0.15, 0.2) is 12.6 Å². The lowest BCUT2D eigenvalue weighted by Gasteiger charge is -2.49. The molecule has 20 heteroatoms. The van der Waals surface area contributed by atoms with Gasteiger partial charge in [0.1, 0.15) is 66.6 Å². The summed E-state index contributed by atoms with van der Waals surface area (Å²) >= 11 is 0. The molecule has 2 aliphatic carbocycles. The van der Waals surface area contributed by atoms with Crippen LogP contribution >= 0.6 is 0 Å². The van der Waals surface area contributed by atoms with E-state index in [1.165, 1.54) is 0 Å². The maximum Gasteiger partial charge on any atom is 0.252 e. The predicted molar refractivity (Wildman–Crippen MR) is 151 cm³/mol. The molecule has 20 nitrogen and oxygen atoms in total. The van der Waals surface area contributed by atoms with Gasteiger partial charge in [-0.3, -0.25) is 4.79 Å². The van der Waals surface area contributed by atoms with Crippen LogP contribution < -0.4 is 27.8 Å². The number of carbonyl (C=O) groups excluding carboxylic acids is 1. The van der Waals surface area contributed by atoms with Crippen molar-refractivity contribution in [1.82, 2.24) is 10.6 Å². The molecule has 16 unspecified atom stereocenters. The van der Waals surface area contributed by atoms with E-state index >= 15 is 0 Å². The van der Waals surface area contributed by atoms with Crippen LogP contribution in [0.3, 0.4) is 0 Å². The number of rotatable bonds is 12. The third kappa shape index (κ3) is 7.96. The van der Waals surface area contributed by atoms with Gasteiger partial charge in [0.05, 0.1) is 31.4 Å². The highest BCUT2D eigenvalue weighted by atomic mass is 16.7. The maximum atomic E-state index is 13.0. The molecule has 0 spiro atoms. The molecule has 0 bridgehead atoms. The fourth-order valence-electron chi connectivity index (χ4n) is 6.23. The first-order valence-corrected chi connectivity index (χ1v) is 15.2. The van der Waals surface area contributed by atoms with E-state index < -0.39 is 129 Å². The summed E-state index contributed by atoms with van der Waals surface area (Å²) in [4.78, 5) is 13.0. The Kier molecular flexibility index (Phi) is 12.7. The van der Waals surface area contributed by atoms with E-state index in [0.29, 0.717) is 0 Å². The summed E-state index contributed by atoms with van der Waals surface area (Å²) in [5.74, 6) is -0.818. The van der Waals surface area contributed by atoms with Crippen molar-refractivity contribution in [3.05, 3.63) is 0 Å². The van der Waals surface area contributed by atoms with Crippen molar-refractivity contribution in [3.63, 3.8) is 0 Å². The number of aliphatic hydroxyl groups is 10. The second kappa shape index (κ2) is 15.5. The summed E-state index contributed by atoms with van der Waals surface area (Å²) in [6.45, 7) is -1.46. The minimum Gasteiger partial charge on any atom is -0.394 e. The van der Waals surface area contributed by atoms with Crippen molar-refractivity contribution < 1.29 is 74.8 Å². The molecule has 2 saturated carbocycles. The van der Waals surface area contributed by atoms with Gasteiger partial charge in [0.2, 0.25) is 0 Å². The van der Waals surface area contributed by atoms with Crippen LogP contribution in [0, 0.1) is 0 Å². The number of ether oxygens (including phenoxy) is 4. The van der Waals surface area contributed by atoms with E-state index in [0.717, 1.165) is 0 Å². The van der Waals surface area contributed by atoms with Gasteiger partial charge in [-0.1, -0.05) is 0 Å². The summed E-state index contributed by atoms with van der Waals surface area (Å²) < 4.78 is 23.0. The van der Waals surface area contributed by atoms with Gasteiger partial charge in [-0.05, 0) is 6.42 Å². The van der Waals surface area contributed by atoms with Gasteiger partial charge in [-0.25, -0.2) is 0 Å². The Bertz CT molecular complexity index is 997. The van der Waals surface area contributed by atoms with Crippen molar-refractivity contribution in [3.8, 4) is 0 Å². The van der Waals surface area contributed by atoms with Crippen LogP contribution in [0.15, 0.2) is 0 Å². The first-order chi connectivity index (χ1) is 21.6. The topological polar surface area (TPSA) is 358 Å². The number of nitrogens with one attached hydrogen (secondary N) is 2. The van der Waals surface area contributed by atoms with Gasteiger partial charge >= 0.3 is 0 Å². The Morgan fingerprint density at radius 1 is 0.848 bits per heavy atom. The maximum absolute atomic E-state index is 13.0. The fourth-order valence-corrected chi connectivity index (χ4v) is 6.23. The molecule has 18 N–H and O–H groups in total. The number of amides is 1. The number of hydrogen-bond donors (Lipinski definition) is 15. The van der Waals surface area contributed by atoms with E-state index in [2.05, 4.69) is 10.6 Å². The highest BCUT2D eigenvalue weighted by Gasteiger charge is 2.54. The van der Waals surface area contributed by atoms with Crippen LogP contribution in [0.4, 0.5) is 0 Å². The Balaban J connectivity index is 1.53. The van der Waals surface area contributed by atoms with Crippen molar-refractivity contribution in [2.24, 2.45) is 17.2 Å². The summed E-state index contributed by atoms with van der Waals surface area (Å²) in [7, 11) is 0. The Labute approximate surface area is 264 Å². The van der Waals surface area contributed by atoms with Gasteiger partial charge < -0.3 is 97.8 Å². The largest absolute Gasteiger partial charge is 0.394 e. The Morgan fingerprint density at radius 2 is 1.46 bits per heavy atom. The van der Waals surface area contributed by atoms with E-state index in [9.17, 15) is 50.8 Å². The first-order valence-electron chi connectivity index (χ1n) is 15.2. The minimum atomic E-state index is -1.82. The molecule has 0 radical (unpaired) electrons. The summed E-state index contributed by atoms with van der Waals surface area (Å²) in [6.07, 6.45) is -20.1. The molecule has 2 saturated heterocycles. The number of nitrogens with two attached hydrogens (primary N) is 3. The Hall–Kier alpha value is -1.25. The van der Waals surface area contributed by atoms with Crippen LogP contribution in [-0.4, -0.2) is 193 Å². The van der Waals surface area contributed by atoms with Crippen molar-refractivity contribution in [2.45, 2.75) is 129 Å². The average molecular weight is 672 g/mol. The third-order valence-electron chi connectivity index (χ3n) is 9.08. The van der Waals surface area contributed by atoms with Crippen LogP contribution in [0.5, 0.6) is 0 Å². The lowest BCUT2D eigenvalue weighted by molar-refractivity contribution is -0.333. The summed E-state index contributed by atoms with van der Waals surface area (Å²) in [6, 6.07) is -3.97. The highest BCUT2D eigenvalue weighted by molar-refractivity contribution is 5.86. The second-order valence-electron chi connectivity index (χ2n) is 12.7. The lowest BCUT2D eigenvalue weighted by atomic mass is 9.75. The molecule has 4 aliphatic rings. The standard InChI is InChI=1S/C26H49N5O15/c27-8-2-26(42,3-8)25(41)31-11-1-10(28)21(20(40)22(11)46-23-17(37)14(29)15(35)13(7-33)44-23)45-24-19(39)18(38)16(36)12(43-24)5-30-4-9(34)6-32/h8-24,30,32-40,42H,1-7,27-29H2,(H,31,41). The predicted octanol–water partition coefficient (Wildman–Crippen LogP) is -9.30. The molecular formula is C26H49N5O15. The summed E-state index contributed by atoms with van der Waals surface area (Å²) in [5.41, 5.74) is 16.2. The zero-order valence-electron chi connectivity index (χ0n) is 25.0. The van der Waals surface area contributed by atoms with Crippen molar-refractivity contribution >= 4 is 5.91 Å². The van der Waals surface area contributed by atoms with E-state index in [1.807, 2.05) is 0 Å². The SMILES string of the molecule is NC1CC(O)(C(=O)NC2CC(N)C(OC3OC(CNCC(O)CO)C(O)C(O)C3O)C(O)C2OC2OC(CO)C(O)C(N)C2O)C1. The highest BCUT2D eigenvalue weighted by Crippen LogP contribution is 2.34. The van der Waals surface area contributed by atoms with E-state index in [4.69, 9.17) is 41.3 Å². The molecule has 0 aromatic rings. The normalized spacial score (nSPS) is 48.8. The molecule has 2 aliphatic heterocycles. The van der Waals surface area contributed by atoms with E-state index in [1.54, 1.807) is 0 Å². The van der Waals surface area contributed by atoms with E-state index in [-0.39, 0.29) is 32.4 Å². The lowest BCUT2D eigenvalue weighted by Crippen LogP contribution is -2.71. The molecule has 4 rings (SSSR count). The van der Waals surface area contributed by atoms with Crippen LogP contribution in [-0.2, 0) is 23.7 Å². The fraction of sp³-hybridized carbons (Fsp3) is 0.962. The zero-order chi connectivity index (χ0) is 34.1. The molecule has 1 amide bonds. The van der Waals surface area contributed by atoms with Gasteiger partial charge in [-0.15, -0.1) is 0 Å². The molecule has 0 aromatic carbocycles. The quantitative estimate of drug-likeness (QED) is 0.0915. The van der Waals surface area contributed by atoms with Gasteiger partial charge in [0, 0.05) is 38.0 Å². The van der Waals surface area contributed by atoms with Gasteiger partial charge in [0.25, 0.3) is 5.91 Å². The average Bonchev–Trinajstić information content (AvgIpc) is 3.00. The van der Waals surface area contributed by atoms with Crippen LogP contribution in [0.2, 0.25) is 0 Å². The van der Waals surface area contributed by atoms with Crippen LogP contribution in [0.1, 0.15) is 19.3 Å². The smallest absolute Gasteiger partial charge is 0.252 e. The van der Waals surface area contributed by atoms with Crippen LogP contribution in [0.25, 0.3) is 0 Å². The van der Waals surface area contributed by atoms with Crippen molar-refractivity contribution in [1.29, 1.82) is 0 Å². The molecule has 2 heterocycles. The molecule has 4 fully saturated rings. The number of hydrogen-bond acceptors (Lipinski definition) is 19. The molecule has 46 heavy (non-hydrogen) atoms. The molecular weight excluding hydrogens is 622 g/mol. The first kappa shape index (κ1) is 37.6. The zero-order valence-corrected chi connectivity index (χ0v) is 25.0. The van der Waals surface area contributed by atoms with Crippen molar-refractivity contribution in [2.75, 3.05) is 26.3 Å². The number of aliphatic hydroxyl groups excluding tert-OH is 9. The molecule has 268 valence electrons. The Morgan fingerprint density at radius 3 is 2.07 bits per heavy atom. The molecule has 16 atom stereocenters.